The summed E-state index contributed by atoms with van der Waals surface area (Å²) >= 11 is 6.27. The lowest BCUT2D eigenvalue weighted by Crippen LogP contribution is -2.30. The molecule has 0 saturated carbocycles. The highest BCUT2D eigenvalue weighted by atomic mass is 35.5. The van der Waals surface area contributed by atoms with Crippen molar-refractivity contribution in [1.82, 2.24) is 24.1 Å². The van der Waals surface area contributed by atoms with Crippen molar-refractivity contribution in [1.29, 1.82) is 0 Å². The predicted octanol–water partition coefficient (Wildman–Crippen LogP) is 3.90. The summed E-state index contributed by atoms with van der Waals surface area (Å²) in [5.74, 6) is 0.0468. The van der Waals surface area contributed by atoms with E-state index in [0.29, 0.717) is 24.6 Å². The lowest BCUT2D eigenvalue weighted by molar-refractivity contribution is 0.102. The molecule has 9 nitrogen and oxygen atoms in total. The van der Waals surface area contributed by atoms with Crippen molar-refractivity contribution in [2.75, 3.05) is 18.4 Å². The van der Waals surface area contributed by atoms with E-state index in [-0.39, 0.29) is 26.8 Å². The minimum Gasteiger partial charge on any atom is -0.306 e. The van der Waals surface area contributed by atoms with E-state index in [2.05, 4.69) is 20.4 Å². The highest BCUT2D eigenvalue weighted by Gasteiger charge is 2.26. The first-order valence-electron chi connectivity index (χ1n) is 10.5. The second-order valence-corrected chi connectivity index (χ2v) is 10.7. The molecule has 1 N–H and O–H groups in total. The number of hydrogen-bond acceptors (Lipinski definition) is 6. The average molecular weight is 491 g/mol. The van der Waals surface area contributed by atoms with Gasteiger partial charge in [-0.2, -0.15) is 14.1 Å². The van der Waals surface area contributed by atoms with Crippen LogP contribution < -0.4 is 5.32 Å². The van der Waals surface area contributed by atoms with Gasteiger partial charge in [0.2, 0.25) is 10.0 Å². The van der Waals surface area contributed by atoms with Crippen molar-refractivity contribution < 1.29 is 13.2 Å². The number of carbonyl (C=O) groups is 1. The molecule has 2 heterocycles. The first-order valence-corrected chi connectivity index (χ1v) is 12.3. The van der Waals surface area contributed by atoms with Crippen molar-refractivity contribution >= 4 is 33.3 Å². The molecule has 0 radical (unpaired) electrons. The largest absolute Gasteiger partial charge is 0.306 e. The minimum absolute atomic E-state index is 0.00368. The number of sulfonamides is 1. The van der Waals surface area contributed by atoms with Gasteiger partial charge in [0.1, 0.15) is 5.82 Å². The standard InChI is InChI=1S/C22H27ClN6O3S/c1-6-28(7-2)33(31,32)15-9-10-17(23)16(13-15)20(30)26-19-14-18(22(3,4)5)27-29(19)21-24-11-8-12-25-21/h8-14H,6-7H2,1-5H3,(H,26,30). The van der Waals surface area contributed by atoms with Gasteiger partial charge in [-0.15, -0.1) is 0 Å². The van der Waals surface area contributed by atoms with Crippen LogP contribution in [0.15, 0.2) is 47.6 Å². The maximum atomic E-state index is 13.2. The number of halogens is 1. The Labute approximate surface area is 198 Å². The van der Waals surface area contributed by atoms with Crippen molar-refractivity contribution in [3.8, 4) is 5.95 Å². The summed E-state index contributed by atoms with van der Waals surface area (Å²) in [5, 5.41) is 7.48. The van der Waals surface area contributed by atoms with Crippen molar-refractivity contribution in [2.45, 2.75) is 44.9 Å². The van der Waals surface area contributed by atoms with Gasteiger partial charge in [-0.3, -0.25) is 4.79 Å². The third-order valence-corrected chi connectivity index (χ3v) is 7.36. The van der Waals surface area contributed by atoms with Crippen LogP contribution in [0.5, 0.6) is 0 Å². The van der Waals surface area contributed by atoms with Gasteiger partial charge >= 0.3 is 0 Å². The summed E-state index contributed by atoms with van der Waals surface area (Å²) in [6.07, 6.45) is 3.15. The summed E-state index contributed by atoms with van der Waals surface area (Å²) in [7, 11) is -3.76. The third kappa shape index (κ3) is 5.23. The highest BCUT2D eigenvalue weighted by molar-refractivity contribution is 7.89. The number of rotatable bonds is 7. The Bertz CT molecular complexity index is 1250. The molecule has 0 spiro atoms. The molecular weight excluding hydrogens is 464 g/mol. The van der Waals surface area contributed by atoms with Crippen LogP contribution >= 0.6 is 11.6 Å². The SMILES string of the molecule is CCN(CC)S(=O)(=O)c1ccc(Cl)c(C(=O)Nc2cc(C(C)(C)C)nn2-c2ncccn2)c1. The summed E-state index contributed by atoms with van der Waals surface area (Å²) < 4.78 is 28.6. The van der Waals surface area contributed by atoms with E-state index < -0.39 is 15.9 Å². The van der Waals surface area contributed by atoms with E-state index >= 15 is 0 Å². The summed E-state index contributed by atoms with van der Waals surface area (Å²) in [5.41, 5.74) is 0.452. The second-order valence-electron chi connectivity index (χ2n) is 8.31. The highest BCUT2D eigenvalue weighted by Crippen LogP contribution is 2.27. The fourth-order valence-corrected chi connectivity index (χ4v) is 4.81. The fourth-order valence-electron chi connectivity index (χ4n) is 3.12. The van der Waals surface area contributed by atoms with Crippen molar-refractivity contribution in [2.24, 2.45) is 0 Å². The normalized spacial score (nSPS) is 12.2. The van der Waals surface area contributed by atoms with Crippen molar-refractivity contribution in [3.63, 3.8) is 0 Å². The van der Waals surface area contributed by atoms with Crippen LogP contribution in [0.4, 0.5) is 5.82 Å². The Hall–Kier alpha value is -2.82. The Morgan fingerprint density at radius 2 is 1.76 bits per heavy atom. The number of amides is 1. The van der Waals surface area contributed by atoms with Gasteiger partial charge in [-0.25, -0.2) is 18.4 Å². The second kappa shape index (κ2) is 9.58. The molecular formula is C22H27ClN6O3S. The number of hydrogen-bond donors (Lipinski definition) is 1. The molecule has 0 aliphatic rings. The van der Waals surface area contributed by atoms with E-state index in [1.807, 2.05) is 20.8 Å². The molecule has 33 heavy (non-hydrogen) atoms. The van der Waals surface area contributed by atoms with Crippen LogP contribution in [0.1, 0.15) is 50.7 Å². The topological polar surface area (TPSA) is 110 Å². The summed E-state index contributed by atoms with van der Waals surface area (Å²) in [6, 6.07) is 7.50. The molecule has 2 aromatic heterocycles. The van der Waals surface area contributed by atoms with E-state index in [0.717, 1.165) is 0 Å². The number of aromatic nitrogens is 4. The van der Waals surface area contributed by atoms with Crippen LogP contribution in [0, 0.1) is 0 Å². The molecule has 3 aromatic rings. The van der Waals surface area contributed by atoms with E-state index in [9.17, 15) is 13.2 Å². The zero-order valence-corrected chi connectivity index (χ0v) is 20.8. The Morgan fingerprint density at radius 1 is 1.12 bits per heavy atom. The zero-order valence-electron chi connectivity index (χ0n) is 19.2. The van der Waals surface area contributed by atoms with E-state index in [1.165, 1.54) is 27.2 Å². The molecule has 0 atom stereocenters. The van der Waals surface area contributed by atoms with Crippen LogP contribution in [-0.4, -0.2) is 51.5 Å². The first kappa shape index (κ1) is 24.8. The Morgan fingerprint density at radius 3 is 2.33 bits per heavy atom. The number of nitrogens with one attached hydrogen (secondary N) is 1. The van der Waals surface area contributed by atoms with Gasteiger partial charge in [-0.05, 0) is 24.3 Å². The van der Waals surface area contributed by atoms with Gasteiger partial charge in [-0.1, -0.05) is 46.2 Å². The van der Waals surface area contributed by atoms with Crippen LogP contribution in [0.25, 0.3) is 5.95 Å². The Balaban J connectivity index is 2.02. The molecule has 0 saturated heterocycles. The third-order valence-electron chi connectivity index (χ3n) is 4.99. The van der Waals surface area contributed by atoms with Gasteiger partial charge in [0.15, 0.2) is 0 Å². The van der Waals surface area contributed by atoms with E-state index in [1.54, 1.807) is 38.4 Å². The van der Waals surface area contributed by atoms with Crippen molar-refractivity contribution in [3.05, 3.63) is 59.0 Å². The molecule has 3 rings (SSSR count). The van der Waals surface area contributed by atoms with Gasteiger partial charge < -0.3 is 5.32 Å². The molecule has 0 bridgehead atoms. The molecule has 1 amide bonds. The molecule has 0 fully saturated rings. The monoisotopic (exact) mass is 490 g/mol. The summed E-state index contributed by atoms with van der Waals surface area (Å²) in [6.45, 7) is 10.1. The maximum Gasteiger partial charge on any atom is 0.258 e. The number of anilines is 1. The van der Waals surface area contributed by atoms with Crippen LogP contribution in [0.2, 0.25) is 5.02 Å². The molecule has 0 aliphatic heterocycles. The summed E-state index contributed by atoms with van der Waals surface area (Å²) in [4.78, 5) is 21.6. The minimum atomic E-state index is -3.76. The molecule has 0 aliphatic carbocycles. The quantitative estimate of drug-likeness (QED) is 0.537. The smallest absolute Gasteiger partial charge is 0.258 e. The molecule has 11 heteroatoms. The Kier molecular flexibility index (Phi) is 7.20. The number of nitrogens with zero attached hydrogens (tertiary/aromatic N) is 5. The number of carbonyl (C=O) groups excluding carboxylic acids is 1. The number of benzene rings is 1. The molecule has 176 valence electrons. The molecule has 1 aromatic carbocycles. The van der Waals surface area contributed by atoms with Gasteiger partial charge in [0.05, 0.1) is 21.2 Å². The lowest BCUT2D eigenvalue weighted by atomic mass is 9.92. The zero-order chi connectivity index (χ0) is 24.4. The molecule has 0 unspecified atom stereocenters. The average Bonchev–Trinajstić information content (AvgIpc) is 3.19. The maximum absolute atomic E-state index is 13.2. The predicted molar refractivity (Wildman–Crippen MR) is 127 cm³/mol. The first-order chi connectivity index (χ1) is 15.5. The lowest BCUT2D eigenvalue weighted by Gasteiger charge is -2.19. The van der Waals surface area contributed by atoms with Gasteiger partial charge in [0, 0.05) is 37.0 Å². The van der Waals surface area contributed by atoms with Gasteiger partial charge in [0.25, 0.3) is 11.9 Å². The van der Waals surface area contributed by atoms with E-state index in [4.69, 9.17) is 11.6 Å². The fraction of sp³-hybridized carbons (Fsp3) is 0.364. The van der Waals surface area contributed by atoms with Crippen LogP contribution in [0.3, 0.4) is 0 Å². The van der Waals surface area contributed by atoms with Crippen LogP contribution in [-0.2, 0) is 15.4 Å².